The second-order valence-electron chi connectivity index (χ2n) is 5.12. The molecule has 0 unspecified atom stereocenters. The van der Waals surface area contributed by atoms with Crippen molar-refractivity contribution in [1.29, 1.82) is 0 Å². The van der Waals surface area contributed by atoms with Crippen molar-refractivity contribution < 1.29 is 19.1 Å². The van der Waals surface area contributed by atoms with Gasteiger partial charge in [0.1, 0.15) is 11.5 Å². The van der Waals surface area contributed by atoms with Crippen LogP contribution in [0.3, 0.4) is 0 Å². The van der Waals surface area contributed by atoms with Crippen molar-refractivity contribution in [2.45, 2.75) is 20.0 Å². The number of aromatic nitrogens is 1. The Morgan fingerprint density at radius 3 is 2.54 bits per heavy atom. The number of hydrogen-bond acceptors (Lipinski definition) is 6. The number of nitrogens with one attached hydrogen (secondary N) is 2. The fourth-order valence-corrected chi connectivity index (χ4v) is 2.44. The van der Waals surface area contributed by atoms with E-state index in [2.05, 4.69) is 15.0 Å². The maximum absolute atomic E-state index is 11.8. The van der Waals surface area contributed by atoms with Gasteiger partial charge in [-0.3, -0.25) is 14.4 Å². The molecule has 0 bridgehead atoms. The molecule has 1 aromatic heterocycles. The standard InChI is InChI=1S/C16H17N3O4S/c1-10(2)23-14(20)9-17-15(21)16(22)18-13-8-12(19-24-13)11-6-4-3-5-7-11/h3-8,10H,9H2,1-2H3,(H,17,21)(H,18,22). The van der Waals surface area contributed by atoms with Gasteiger partial charge in [-0.2, -0.15) is 4.37 Å². The van der Waals surface area contributed by atoms with Crippen molar-refractivity contribution in [2.75, 3.05) is 11.9 Å². The summed E-state index contributed by atoms with van der Waals surface area (Å²) >= 11 is 1.07. The van der Waals surface area contributed by atoms with Crippen LogP contribution in [0, 0.1) is 0 Å². The van der Waals surface area contributed by atoms with Crippen LogP contribution < -0.4 is 10.6 Å². The topological polar surface area (TPSA) is 97.4 Å². The molecule has 2 N–H and O–H groups in total. The maximum Gasteiger partial charge on any atom is 0.325 e. The summed E-state index contributed by atoms with van der Waals surface area (Å²) in [6.45, 7) is 3.03. The minimum atomic E-state index is -0.912. The minimum absolute atomic E-state index is 0.281. The lowest BCUT2D eigenvalue weighted by molar-refractivity contribution is -0.147. The summed E-state index contributed by atoms with van der Waals surface area (Å²) in [4.78, 5) is 34.8. The lowest BCUT2D eigenvalue weighted by Gasteiger charge is -2.08. The first-order valence-electron chi connectivity index (χ1n) is 7.26. The van der Waals surface area contributed by atoms with E-state index in [1.54, 1.807) is 19.9 Å². The second kappa shape index (κ2) is 8.21. The molecular formula is C16H17N3O4S. The Labute approximate surface area is 143 Å². The van der Waals surface area contributed by atoms with Crippen molar-refractivity contribution in [2.24, 2.45) is 0 Å². The average Bonchev–Trinajstić information content (AvgIpc) is 3.01. The number of amides is 2. The molecule has 0 aliphatic heterocycles. The Morgan fingerprint density at radius 2 is 1.88 bits per heavy atom. The Bertz CT molecular complexity index is 728. The Kier molecular flexibility index (Phi) is 6.02. The van der Waals surface area contributed by atoms with E-state index in [0.29, 0.717) is 10.7 Å². The molecule has 8 heteroatoms. The highest BCUT2D eigenvalue weighted by molar-refractivity contribution is 7.10. The lowest BCUT2D eigenvalue weighted by Crippen LogP contribution is -2.39. The van der Waals surface area contributed by atoms with Crippen molar-refractivity contribution in [3.8, 4) is 11.3 Å². The van der Waals surface area contributed by atoms with E-state index in [1.165, 1.54) is 0 Å². The van der Waals surface area contributed by atoms with Gasteiger partial charge < -0.3 is 15.4 Å². The highest BCUT2D eigenvalue weighted by Crippen LogP contribution is 2.24. The molecule has 7 nitrogen and oxygen atoms in total. The predicted molar refractivity (Wildman–Crippen MR) is 90.4 cm³/mol. The zero-order chi connectivity index (χ0) is 17.5. The van der Waals surface area contributed by atoms with Gasteiger partial charge in [0.25, 0.3) is 0 Å². The number of ether oxygens (including phenoxy) is 1. The van der Waals surface area contributed by atoms with Gasteiger partial charge in [0.2, 0.25) is 0 Å². The molecule has 0 aliphatic carbocycles. The number of carbonyl (C=O) groups is 3. The summed E-state index contributed by atoms with van der Waals surface area (Å²) < 4.78 is 9.08. The number of carbonyl (C=O) groups excluding carboxylic acids is 3. The third-order valence-corrected chi connectivity index (χ3v) is 3.49. The van der Waals surface area contributed by atoms with Crippen LogP contribution >= 0.6 is 11.5 Å². The highest BCUT2D eigenvalue weighted by Gasteiger charge is 2.17. The highest BCUT2D eigenvalue weighted by atomic mass is 32.1. The molecule has 0 atom stereocenters. The monoisotopic (exact) mass is 347 g/mol. The van der Waals surface area contributed by atoms with Crippen molar-refractivity contribution in [3.63, 3.8) is 0 Å². The maximum atomic E-state index is 11.8. The molecule has 0 radical (unpaired) electrons. The number of anilines is 1. The van der Waals surface area contributed by atoms with Crippen LogP contribution in [0.2, 0.25) is 0 Å². The number of nitrogens with zero attached hydrogens (tertiary/aromatic N) is 1. The second-order valence-corrected chi connectivity index (χ2v) is 5.92. The van der Waals surface area contributed by atoms with E-state index in [9.17, 15) is 14.4 Å². The van der Waals surface area contributed by atoms with Crippen LogP contribution in [0.4, 0.5) is 5.00 Å². The van der Waals surface area contributed by atoms with E-state index >= 15 is 0 Å². The summed E-state index contributed by atoms with van der Waals surface area (Å²) in [7, 11) is 0. The molecule has 126 valence electrons. The molecule has 1 aromatic carbocycles. The van der Waals surface area contributed by atoms with Crippen LogP contribution in [0.15, 0.2) is 36.4 Å². The summed E-state index contributed by atoms with van der Waals surface area (Å²) in [5, 5.41) is 5.10. The van der Waals surface area contributed by atoms with Gasteiger partial charge in [-0.15, -0.1) is 0 Å². The first-order chi connectivity index (χ1) is 11.5. The molecule has 0 fully saturated rings. The molecule has 2 amide bonds. The van der Waals surface area contributed by atoms with E-state index in [0.717, 1.165) is 17.1 Å². The number of esters is 1. The van der Waals surface area contributed by atoms with Crippen LogP contribution in [0.5, 0.6) is 0 Å². The molecule has 2 aromatic rings. The number of benzene rings is 1. The van der Waals surface area contributed by atoms with E-state index < -0.39 is 17.8 Å². The lowest BCUT2D eigenvalue weighted by atomic mass is 10.2. The molecule has 0 aliphatic rings. The first-order valence-corrected chi connectivity index (χ1v) is 8.04. The van der Waals surface area contributed by atoms with Gasteiger partial charge in [-0.05, 0) is 25.4 Å². The molecule has 0 saturated heterocycles. The summed E-state index contributed by atoms with van der Waals surface area (Å²) in [5.41, 5.74) is 1.62. The fraction of sp³-hybridized carbons (Fsp3) is 0.250. The van der Waals surface area contributed by atoms with E-state index in [4.69, 9.17) is 4.74 Å². The molecule has 0 spiro atoms. The largest absolute Gasteiger partial charge is 0.462 e. The molecule has 2 rings (SSSR count). The quantitative estimate of drug-likeness (QED) is 0.635. The van der Waals surface area contributed by atoms with E-state index in [1.807, 2.05) is 30.3 Å². The summed E-state index contributed by atoms with van der Waals surface area (Å²) in [5.74, 6) is -2.38. The summed E-state index contributed by atoms with van der Waals surface area (Å²) in [6, 6.07) is 11.1. The average molecular weight is 347 g/mol. The molecule has 0 saturated carbocycles. The van der Waals surface area contributed by atoms with Crippen molar-refractivity contribution in [1.82, 2.24) is 9.69 Å². The van der Waals surface area contributed by atoms with Gasteiger partial charge in [-0.1, -0.05) is 30.3 Å². The minimum Gasteiger partial charge on any atom is -0.462 e. The smallest absolute Gasteiger partial charge is 0.325 e. The number of rotatable bonds is 5. The predicted octanol–water partition coefficient (Wildman–Crippen LogP) is 1.82. The third kappa shape index (κ3) is 5.17. The normalized spacial score (nSPS) is 10.3. The first kappa shape index (κ1) is 17.6. The van der Waals surface area contributed by atoms with Gasteiger partial charge in [-0.25, -0.2) is 0 Å². The Hall–Kier alpha value is -2.74. The van der Waals surface area contributed by atoms with Crippen LogP contribution in [0.1, 0.15) is 13.8 Å². The zero-order valence-corrected chi connectivity index (χ0v) is 14.1. The van der Waals surface area contributed by atoms with Crippen LogP contribution in [0.25, 0.3) is 11.3 Å². The van der Waals surface area contributed by atoms with Gasteiger partial charge in [0.15, 0.2) is 0 Å². The van der Waals surface area contributed by atoms with Crippen molar-refractivity contribution >= 4 is 34.3 Å². The molecule has 24 heavy (non-hydrogen) atoms. The van der Waals surface area contributed by atoms with Gasteiger partial charge >= 0.3 is 17.8 Å². The third-order valence-electron chi connectivity index (χ3n) is 2.78. The SMILES string of the molecule is CC(C)OC(=O)CNC(=O)C(=O)Nc1cc(-c2ccccc2)ns1. The van der Waals surface area contributed by atoms with Crippen LogP contribution in [-0.4, -0.2) is 34.8 Å². The van der Waals surface area contributed by atoms with Gasteiger partial charge in [0, 0.05) is 11.6 Å². The van der Waals surface area contributed by atoms with Gasteiger partial charge in [0.05, 0.1) is 11.8 Å². The van der Waals surface area contributed by atoms with Crippen LogP contribution in [-0.2, 0) is 19.1 Å². The Morgan fingerprint density at radius 1 is 1.17 bits per heavy atom. The Balaban J connectivity index is 1.87. The fourth-order valence-electron chi connectivity index (χ4n) is 1.79. The zero-order valence-electron chi connectivity index (χ0n) is 13.2. The number of hydrogen-bond donors (Lipinski definition) is 2. The van der Waals surface area contributed by atoms with E-state index in [-0.39, 0.29) is 12.6 Å². The molecule has 1 heterocycles. The molecular weight excluding hydrogens is 330 g/mol. The van der Waals surface area contributed by atoms with Crippen molar-refractivity contribution in [3.05, 3.63) is 36.4 Å². The summed E-state index contributed by atoms with van der Waals surface area (Å²) in [6.07, 6.45) is -0.281.